The van der Waals surface area contributed by atoms with Gasteiger partial charge in [0.15, 0.2) is 0 Å². The van der Waals surface area contributed by atoms with Gasteiger partial charge in [-0.1, -0.05) is 78.0 Å². The van der Waals surface area contributed by atoms with Gasteiger partial charge >= 0.3 is 0 Å². The van der Waals surface area contributed by atoms with Crippen LogP contribution in [0, 0.1) is 0 Å². The van der Waals surface area contributed by atoms with Gasteiger partial charge in [-0.3, -0.25) is 0 Å². The van der Waals surface area contributed by atoms with E-state index < -0.39 is 0 Å². The third-order valence-electron chi connectivity index (χ3n) is 6.25. The van der Waals surface area contributed by atoms with Crippen LogP contribution in [0.2, 0.25) is 19.1 Å². The topological polar surface area (TPSA) is 4.93 Å². The quantitative estimate of drug-likeness (QED) is 0.435. The number of hydrogen-bond acceptors (Lipinski definition) is 0. The molecule has 0 aliphatic heterocycles. The van der Waals surface area contributed by atoms with Crippen LogP contribution in [0.15, 0.2) is 42.5 Å². The molecule has 0 spiro atoms. The van der Waals surface area contributed by atoms with E-state index in [0.717, 1.165) is 6.54 Å². The van der Waals surface area contributed by atoms with Gasteiger partial charge in [0.1, 0.15) is 0 Å². The van der Waals surface area contributed by atoms with Gasteiger partial charge in [-0.05, 0) is 40.3 Å². The zero-order valence-electron chi connectivity index (χ0n) is 17.9. The lowest BCUT2D eigenvalue weighted by Gasteiger charge is -2.23. The van der Waals surface area contributed by atoms with E-state index in [-0.39, 0.29) is 19.6 Å². The first-order chi connectivity index (χ1) is 12.6. The fraction of sp³-hybridized carbons (Fsp3) is 0.440. The Bertz CT molecular complexity index is 1010. The van der Waals surface area contributed by atoms with Gasteiger partial charge in [0.2, 0.25) is 0 Å². The first-order valence-corrected chi connectivity index (χ1v) is 12.9. The van der Waals surface area contributed by atoms with Crippen molar-refractivity contribution < 1.29 is 0 Å². The predicted molar refractivity (Wildman–Crippen MR) is 120 cm³/mol. The Hall–Kier alpha value is -1.80. The highest BCUT2D eigenvalue weighted by Crippen LogP contribution is 2.53. The summed E-state index contributed by atoms with van der Waals surface area (Å²) in [5.74, 6) is 0. The largest absolute Gasteiger partial charge is 0.341 e. The molecule has 1 nitrogen and oxygen atoms in total. The highest BCUT2D eigenvalue weighted by atomic mass is 28.3. The molecule has 1 heterocycles. The molecule has 4 rings (SSSR count). The van der Waals surface area contributed by atoms with E-state index in [9.17, 15) is 0 Å². The first kappa shape index (κ1) is 18.6. The molecule has 2 heteroatoms. The number of hydrogen-bond donors (Lipinski definition) is 0. The number of aromatic nitrogens is 1. The summed E-state index contributed by atoms with van der Waals surface area (Å²) in [5, 5.41) is 1.46. The van der Waals surface area contributed by atoms with Crippen LogP contribution in [-0.2, 0) is 17.4 Å². The molecule has 0 fully saturated rings. The van der Waals surface area contributed by atoms with Gasteiger partial charge in [0.25, 0.3) is 0 Å². The number of nitrogens with zero attached hydrogens (tertiary/aromatic N) is 1. The summed E-state index contributed by atoms with van der Waals surface area (Å²) in [6, 6.07) is 17.6. The lowest BCUT2D eigenvalue weighted by molar-refractivity contribution is 0.590. The highest BCUT2D eigenvalue weighted by Gasteiger charge is 2.40. The average molecular weight is 375 g/mol. The van der Waals surface area contributed by atoms with Crippen molar-refractivity contribution in [1.82, 2.24) is 4.57 Å². The minimum absolute atomic E-state index is 0.0537. The van der Waals surface area contributed by atoms with Crippen LogP contribution in [0.5, 0.6) is 0 Å². The zero-order chi connectivity index (χ0) is 19.6. The summed E-state index contributed by atoms with van der Waals surface area (Å²) < 4.78 is 2.63. The Morgan fingerprint density at radius 1 is 1.00 bits per heavy atom. The van der Waals surface area contributed by atoms with E-state index in [1.165, 1.54) is 44.9 Å². The lowest BCUT2D eigenvalue weighted by Crippen LogP contribution is -2.15. The molecular formula is C25H32NSi. The monoisotopic (exact) mass is 374 g/mol. The fourth-order valence-electron chi connectivity index (χ4n) is 4.67. The summed E-state index contributed by atoms with van der Waals surface area (Å²) in [7, 11) is -0.252. The molecule has 0 saturated carbocycles. The molecule has 141 valence electrons. The summed E-state index contributed by atoms with van der Waals surface area (Å²) in [5.41, 5.74) is 8.99. The number of rotatable bonds is 3. The second-order valence-electron chi connectivity index (χ2n) is 9.98. The van der Waals surface area contributed by atoms with E-state index in [2.05, 4.69) is 94.7 Å². The average Bonchev–Trinajstić information content (AvgIpc) is 3.04. The van der Waals surface area contributed by atoms with Crippen molar-refractivity contribution >= 4 is 19.7 Å². The smallest absolute Gasteiger partial charge is 0.0535 e. The van der Waals surface area contributed by atoms with Crippen molar-refractivity contribution in [3.05, 3.63) is 59.2 Å². The molecule has 3 aromatic rings. The van der Waals surface area contributed by atoms with Crippen LogP contribution in [0.1, 0.15) is 51.3 Å². The van der Waals surface area contributed by atoms with Crippen LogP contribution < -0.4 is 0 Å². The van der Waals surface area contributed by atoms with Gasteiger partial charge in [-0.2, -0.15) is 0 Å². The number of benzene rings is 2. The molecule has 1 aliphatic carbocycles. The van der Waals surface area contributed by atoms with Gasteiger partial charge in [0, 0.05) is 37.2 Å². The Kier molecular flexibility index (Phi) is 4.19. The van der Waals surface area contributed by atoms with E-state index in [4.69, 9.17) is 0 Å². The van der Waals surface area contributed by atoms with E-state index >= 15 is 0 Å². The molecule has 1 radical (unpaired) electrons. The fourth-order valence-corrected chi connectivity index (χ4v) is 5.34. The predicted octanol–water partition coefficient (Wildman–Crippen LogP) is 7.00. The van der Waals surface area contributed by atoms with Gasteiger partial charge in [-0.25, -0.2) is 0 Å². The summed E-state index contributed by atoms with van der Waals surface area (Å²) in [4.78, 5) is 0. The van der Waals surface area contributed by atoms with Crippen LogP contribution in [-0.4, -0.2) is 13.4 Å². The van der Waals surface area contributed by atoms with Crippen molar-refractivity contribution in [3.63, 3.8) is 0 Å². The Labute approximate surface area is 166 Å². The molecule has 0 bridgehead atoms. The first-order valence-electron chi connectivity index (χ1n) is 10.2. The number of aryl methyl sites for hydroxylation is 1. The van der Waals surface area contributed by atoms with Crippen molar-refractivity contribution in [2.24, 2.45) is 0 Å². The van der Waals surface area contributed by atoms with Crippen LogP contribution >= 0.6 is 0 Å². The SMILES string of the molecule is C[Si](C)CCn1c2c(c3cc(C(C)(C)C)ccc31)C(C)(C)c1ccccc1-2. The maximum atomic E-state index is 2.63. The normalized spacial score (nSPS) is 15.4. The molecule has 2 aromatic carbocycles. The summed E-state index contributed by atoms with van der Waals surface area (Å²) >= 11 is 0. The minimum Gasteiger partial charge on any atom is -0.341 e. The van der Waals surface area contributed by atoms with Crippen molar-refractivity contribution in [2.75, 3.05) is 0 Å². The van der Waals surface area contributed by atoms with Gasteiger partial charge in [0.05, 0.1) is 5.69 Å². The molecule has 0 amide bonds. The Morgan fingerprint density at radius 3 is 2.37 bits per heavy atom. The van der Waals surface area contributed by atoms with Crippen molar-refractivity contribution in [2.45, 2.75) is 71.1 Å². The Balaban J connectivity index is 2.06. The molecular weight excluding hydrogens is 342 g/mol. The Morgan fingerprint density at radius 2 is 1.70 bits per heavy atom. The maximum Gasteiger partial charge on any atom is 0.0535 e. The highest BCUT2D eigenvalue weighted by molar-refractivity contribution is 6.55. The molecule has 27 heavy (non-hydrogen) atoms. The third kappa shape index (κ3) is 2.80. The second kappa shape index (κ2) is 6.10. The van der Waals surface area contributed by atoms with E-state index in [0.29, 0.717) is 0 Å². The standard InChI is InChI=1S/C25H32NSi/c1-24(2,3)17-12-13-21-19(16-17)22-23(26(21)14-15-27(6)7)18-10-8-9-11-20(18)25(22,4)5/h8-13,16H,14-15H2,1-7H3. The van der Waals surface area contributed by atoms with E-state index in [1.54, 1.807) is 0 Å². The van der Waals surface area contributed by atoms with Crippen LogP contribution in [0.3, 0.4) is 0 Å². The second-order valence-corrected chi connectivity index (χ2v) is 12.9. The van der Waals surface area contributed by atoms with Gasteiger partial charge in [-0.15, -0.1) is 0 Å². The van der Waals surface area contributed by atoms with Crippen molar-refractivity contribution in [3.8, 4) is 11.3 Å². The summed E-state index contributed by atoms with van der Waals surface area (Å²) in [6.45, 7) is 17.7. The summed E-state index contributed by atoms with van der Waals surface area (Å²) in [6.07, 6.45) is 0. The van der Waals surface area contributed by atoms with Crippen molar-refractivity contribution in [1.29, 1.82) is 0 Å². The minimum atomic E-state index is -0.252. The molecule has 1 aliphatic rings. The van der Waals surface area contributed by atoms with Crippen LogP contribution in [0.25, 0.3) is 22.2 Å². The molecule has 0 atom stereocenters. The zero-order valence-corrected chi connectivity index (χ0v) is 18.9. The van der Waals surface area contributed by atoms with Gasteiger partial charge < -0.3 is 4.57 Å². The van der Waals surface area contributed by atoms with E-state index in [1.807, 2.05) is 0 Å². The molecule has 0 saturated heterocycles. The molecule has 0 unspecified atom stereocenters. The van der Waals surface area contributed by atoms with Crippen LogP contribution in [0.4, 0.5) is 0 Å². The molecule has 1 aromatic heterocycles. The lowest BCUT2D eigenvalue weighted by atomic mass is 9.80. The third-order valence-corrected chi connectivity index (χ3v) is 7.47. The number of fused-ring (bicyclic) bond motifs is 5. The molecule has 0 N–H and O–H groups in total. The maximum absolute atomic E-state index is 2.63.